The van der Waals surface area contributed by atoms with Crippen molar-refractivity contribution < 1.29 is 19.4 Å². The summed E-state index contributed by atoms with van der Waals surface area (Å²) >= 11 is 0. The zero-order valence-corrected chi connectivity index (χ0v) is 10.4. The Morgan fingerprint density at radius 3 is 2.65 bits per heavy atom. The van der Waals surface area contributed by atoms with Gasteiger partial charge in [-0.1, -0.05) is 0 Å². The van der Waals surface area contributed by atoms with Crippen molar-refractivity contribution in [3.05, 3.63) is 0 Å². The van der Waals surface area contributed by atoms with E-state index in [0.717, 1.165) is 0 Å². The predicted molar refractivity (Wildman–Crippen MR) is 61.8 cm³/mol. The molecule has 1 rings (SSSR count). The Morgan fingerprint density at radius 2 is 2.12 bits per heavy atom. The fraction of sp³-hybridized carbons (Fsp3) is 0.818. The highest BCUT2D eigenvalue weighted by Gasteiger charge is 2.32. The van der Waals surface area contributed by atoms with Gasteiger partial charge in [0.2, 0.25) is 0 Å². The molecule has 0 aliphatic carbocycles. The number of rotatable bonds is 3. The number of carbonyl (C=O) groups is 2. The highest BCUT2D eigenvalue weighted by molar-refractivity contribution is 5.76. The molecule has 98 valence electrons. The number of hydrogen-bond donors (Lipinski definition) is 3. The fourth-order valence-corrected chi connectivity index (χ4v) is 1.75. The van der Waals surface area contributed by atoms with E-state index in [9.17, 15) is 9.59 Å². The van der Waals surface area contributed by atoms with Crippen LogP contribution in [0.3, 0.4) is 0 Å². The predicted octanol–water partition coefficient (Wildman–Crippen LogP) is 0.574. The number of carboxylic acid groups (broad SMARTS) is 1. The lowest BCUT2D eigenvalue weighted by Gasteiger charge is -2.22. The van der Waals surface area contributed by atoms with Crippen LogP contribution in [-0.2, 0) is 9.53 Å². The smallest absolute Gasteiger partial charge is 0.404 e. The van der Waals surface area contributed by atoms with Gasteiger partial charge >= 0.3 is 12.1 Å². The zero-order valence-electron chi connectivity index (χ0n) is 10.4. The molecule has 0 aromatic heterocycles. The Balaban J connectivity index is 2.34. The fourth-order valence-electron chi connectivity index (χ4n) is 1.75. The Bertz CT molecular complexity index is 298. The summed E-state index contributed by atoms with van der Waals surface area (Å²) in [6, 6.07) is -0.324. The zero-order chi connectivity index (χ0) is 13.1. The monoisotopic (exact) mass is 244 g/mol. The normalized spacial score (nSPS) is 24.4. The number of nitrogens with one attached hydrogen (secondary N) is 2. The van der Waals surface area contributed by atoms with Crippen molar-refractivity contribution in [3.8, 4) is 0 Å². The van der Waals surface area contributed by atoms with E-state index in [2.05, 4.69) is 10.6 Å². The van der Waals surface area contributed by atoms with Gasteiger partial charge in [-0.25, -0.2) is 4.79 Å². The Labute approximate surface area is 101 Å². The van der Waals surface area contributed by atoms with Gasteiger partial charge in [-0.15, -0.1) is 0 Å². The molecule has 1 aliphatic rings. The third-order valence-corrected chi connectivity index (χ3v) is 2.46. The van der Waals surface area contributed by atoms with Gasteiger partial charge in [0, 0.05) is 13.1 Å². The van der Waals surface area contributed by atoms with E-state index in [0.29, 0.717) is 19.5 Å². The van der Waals surface area contributed by atoms with E-state index >= 15 is 0 Å². The molecule has 1 amide bonds. The minimum absolute atomic E-state index is 0.142. The molecule has 0 saturated carbocycles. The summed E-state index contributed by atoms with van der Waals surface area (Å²) in [7, 11) is 0. The van der Waals surface area contributed by atoms with Gasteiger partial charge in [0.15, 0.2) is 0 Å². The first-order chi connectivity index (χ1) is 7.78. The van der Waals surface area contributed by atoms with Crippen molar-refractivity contribution >= 4 is 12.1 Å². The molecular weight excluding hydrogens is 224 g/mol. The maximum Gasteiger partial charge on any atom is 0.404 e. The standard InChI is InChI=1S/C11H20N2O4/c1-11(2,3)17-9(14)8-4-7(5-12-8)6-13-10(15)16/h7-8,12-13H,4-6H2,1-3H3,(H,15,16). The van der Waals surface area contributed by atoms with E-state index in [1.54, 1.807) is 0 Å². The number of amides is 1. The first-order valence-corrected chi connectivity index (χ1v) is 5.71. The van der Waals surface area contributed by atoms with Gasteiger partial charge in [-0.3, -0.25) is 4.79 Å². The van der Waals surface area contributed by atoms with Crippen molar-refractivity contribution in [2.24, 2.45) is 5.92 Å². The first-order valence-electron chi connectivity index (χ1n) is 5.71. The molecule has 0 spiro atoms. The molecule has 1 saturated heterocycles. The lowest BCUT2D eigenvalue weighted by molar-refractivity contribution is -0.157. The minimum Gasteiger partial charge on any atom is -0.465 e. The maximum absolute atomic E-state index is 11.7. The van der Waals surface area contributed by atoms with Crippen LogP contribution >= 0.6 is 0 Å². The van der Waals surface area contributed by atoms with Crippen LogP contribution in [-0.4, -0.2) is 41.9 Å². The molecule has 6 heteroatoms. The number of esters is 1. The van der Waals surface area contributed by atoms with E-state index in [4.69, 9.17) is 9.84 Å². The lowest BCUT2D eigenvalue weighted by atomic mass is 10.1. The molecule has 2 atom stereocenters. The number of hydrogen-bond acceptors (Lipinski definition) is 4. The Hall–Kier alpha value is -1.30. The molecule has 17 heavy (non-hydrogen) atoms. The van der Waals surface area contributed by atoms with Crippen molar-refractivity contribution in [1.29, 1.82) is 0 Å². The minimum atomic E-state index is -1.04. The molecule has 0 aromatic carbocycles. The largest absolute Gasteiger partial charge is 0.465 e. The van der Waals surface area contributed by atoms with E-state index < -0.39 is 11.7 Å². The summed E-state index contributed by atoms with van der Waals surface area (Å²) in [4.78, 5) is 22.1. The highest BCUT2D eigenvalue weighted by Crippen LogP contribution is 2.17. The van der Waals surface area contributed by atoms with Crippen molar-refractivity contribution in [3.63, 3.8) is 0 Å². The molecule has 1 fully saturated rings. The van der Waals surface area contributed by atoms with Crippen LogP contribution in [0.25, 0.3) is 0 Å². The maximum atomic E-state index is 11.7. The van der Waals surface area contributed by atoms with Crippen molar-refractivity contribution in [2.75, 3.05) is 13.1 Å². The van der Waals surface area contributed by atoms with Crippen LogP contribution in [0.15, 0.2) is 0 Å². The summed E-state index contributed by atoms with van der Waals surface area (Å²) < 4.78 is 5.26. The summed E-state index contributed by atoms with van der Waals surface area (Å²) in [6.45, 7) is 6.46. The van der Waals surface area contributed by atoms with Gasteiger partial charge in [0.25, 0.3) is 0 Å². The van der Waals surface area contributed by atoms with Gasteiger partial charge in [-0.05, 0) is 33.1 Å². The van der Waals surface area contributed by atoms with E-state index in [1.807, 2.05) is 20.8 Å². The van der Waals surface area contributed by atoms with Crippen LogP contribution in [0.1, 0.15) is 27.2 Å². The third kappa shape index (κ3) is 5.04. The molecule has 3 N–H and O–H groups in total. The highest BCUT2D eigenvalue weighted by atomic mass is 16.6. The molecule has 2 unspecified atom stereocenters. The van der Waals surface area contributed by atoms with Gasteiger partial charge in [0.1, 0.15) is 11.6 Å². The quantitative estimate of drug-likeness (QED) is 0.632. The van der Waals surface area contributed by atoms with Crippen molar-refractivity contribution in [1.82, 2.24) is 10.6 Å². The molecule has 0 radical (unpaired) electrons. The second-order valence-electron chi connectivity index (χ2n) is 5.28. The van der Waals surface area contributed by atoms with Gasteiger partial charge in [-0.2, -0.15) is 0 Å². The molecule has 1 heterocycles. The summed E-state index contributed by atoms with van der Waals surface area (Å²) in [5, 5.41) is 13.8. The summed E-state index contributed by atoms with van der Waals surface area (Å²) in [6.07, 6.45) is -0.430. The SMILES string of the molecule is CC(C)(C)OC(=O)C1CC(CNC(=O)O)CN1. The van der Waals surface area contributed by atoms with E-state index in [-0.39, 0.29) is 17.9 Å². The third-order valence-electron chi connectivity index (χ3n) is 2.46. The topological polar surface area (TPSA) is 87.7 Å². The van der Waals surface area contributed by atoms with Crippen LogP contribution in [0.2, 0.25) is 0 Å². The van der Waals surface area contributed by atoms with Crippen LogP contribution in [0.4, 0.5) is 4.79 Å². The van der Waals surface area contributed by atoms with Crippen LogP contribution in [0, 0.1) is 5.92 Å². The van der Waals surface area contributed by atoms with Gasteiger partial charge < -0.3 is 20.5 Å². The molecule has 6 nitrogen and oxygen atoms in total. The Kier molecular flexibility index (Phi) is 4.34. The average Bonchev–Trinajstić information content (AvgIpc) is 2.60. The second kappa shape index (κ2) is 5.35. The average molecular weight is 244 g/mol. The summed E-state index contributed by atoms with van der Waals surface area (Å²) in [5.74, 6) is -0.126. The molecule has 1 aliphatic heterocycles. The Morgan fingerprint density at radius 1 is 1.47 bits per heavy atom. The molecule has 0 aromatic rings. The van der Waals surface area contributed by atoms with Crippen LogP contribution < -0.4 is 10.6 Å². The molecular formula is C11H20N2O4. The van der Waals surface area contributed by atoms with E-state index in [1.165, 1.54) is 0 Å². The van der Waals surface area contributed by atoms with Crippen molar-refractivity contribution in [2.45, 2.75) is 38.8 Å². The lowest BCUT2D eigenvalue weighted by Crippen LogP contribution is -2.37. The number of ether oxygens (including phenoxy) is 1. The number of carbonyl (C=O) groups excluding carboxylic acids is 1. The molecule has 0 bridgehead atoms. The van der Waals surface area contributed by atoms with Gasteiger partial charge in [0.05, 0.1) is 0 Å². The summed E-state index contributed by atoms with van der Waals surface area (Å²) in [5.41, 5.74) is -0.490. The van der Waals surface area contributed by atoms with Crippen LogP contribution in [0.5, 0.6) is 0 Å². The first kappa shape index (κ1) is 13.8. The second-order valence-corrected chi connectivity index (χ2v) is 5.28.